The number of thiocarbonyl (C=S) groups is 1. The topological polar surface area (TPSA) is 72.2 Å². The molecule has 0 amide bonds. The van der Waals surface area contributed by atoms with Crippen molar-refractivity contribution in [2.24, 2.45) is 5.73 Å². The number of hydrogen-bond acceptors (Lipinski definition) is 3. The maximum atomic E-state index is 10.8. The van der Waals surface area contributed by atoms with E-state index in [0.717, 1.165) is 17.4 Å². The predicted molar refractivity (Wildman–Crippen MR) is 64.0 cm³/mol. The third kappa shape index (κ3) is 4.37. The largest absolute Gasteiger partial charge is 0.389 e. The first-order valence-electron chi connectivity index (χ1n) is 4.22. The highest BCUT2D eigenvalue weighted by atomic mass is 32.2. The molecule has 3 N–H and O–H groups in total. The summed E-state index contributed by atoms with van der Waals surface area (Å²) in [6, 6.07) is 7.10. The van der Waals surface area contributed by atoms with Crippen molar-refractivity contribution >= 4 is 27.2 Å². The predicted octanol–water partition coefficient (Wildman–Crippen LogP) is 0.370. The molecule has 1 aromatic carbocycles. The van der Waals surface area contributed by atoms with E-state index in [-0.39, 0.29) is 6.54 Å². The SMILES string of the molecule is CS(=O)(=O)NCc1ccc(C(N)=S)cc1. The zero-order valence-electron chi connectivity index (χ0n) is 8.23. The molecule has 0 atom stereocenters. The van der Waals surface area contributed by atoms with Crippen molar-refractivity contribution in [3.05, 3.63) is 35.4 Å². The molecule has 0 aromatic heterocycles. The normalized spacial score (nSPS) is 11.3. The van der Waals surface area contributed by atoms with Gasteiger partial charge in [-0.2, -0.15) is 0 Å². The van der Waals surface area contributed by atoms with Gasteiger partial charge >= 0.3 is 0 Å². The fourth-order valence-corrected chi connectivity index (χ4v) is 1.57. The number of benzene rings is 1. The third-order valence-electron chi connectivity index (χ3n) is 1.78. The van der Waals surface area contributed by atoms with E-state index in [9.17, 15) is 8.42 Å². The molecule has 0 aliphatic carbocycles. The standard InChI is InChI=1S/C9H12N2O2S2/c1-15(12,13)11-6-7-2-4-8(5-3-7)9(10)14/h2-5,11H,6H2,1H3,(H2,10,14). The van der Waals surface area contributed by atoms with Gasteiger partial charge in [-0.1, -0.05) is 36.5 Å². The van der Waals surface area contributed by atoms with E-state index < -0.39 is 10.0 Å². The van der Waals surface area contributed by atoms with Crippen LogP contribution in [0.1, 0.15) is 11.1 Å². The Morgan fingerprint density at radius 1 is 1.40 bits per heavy atom. The molecule has 0 saturated heterocycles. The van der Waals surface area contributed by atoms with E-state index in [1.165, 1.54) is 0 Å². The van der Waals surface area contributed by atoms with Crippen molar-refractivity contribution in [3.63, 3.8) is 0 Å². The summed E-state index contributed by atoms with van der Waals surface area (Å²) in [5.74, 6) is 0. The average molecular weight is 244 g/mol. The van der Waals surface area contributed by atoms with Gasteiger partial charge in [0.2, 0.25) is 10.0 Å². The second-order valence-electron chi connectivity index (χ2n) is 3.15. The van der Waals surface area contributed by atoms with E-state index in [2.05, 4.69) is 4.72 Å². The second-order valence-corrected chi connectivity index (χ2v) is 5.43. The average Bonchev–Trinajstić information content (AvgIpc) is 2.14. The van der Waals surface area contributed by atoms with Gasteiger partial charge in [0.05, 0.1) is 6.26 Å². The second kappa shape index (κ2) is 4.69. The quantitative estimate of drug-likeness (QED) is 0.751. The monoisotopic (exact) mass is 244 g/mol. The minimum absolute atomic E-state index is 0.274. The van der Waals surface area contributed by atoms with Gasteiger partial charge in [0.1, 0.15) is 4.99 Å². The van der Waals surface area contributed by atoms with Crippen molar-refractivity contribution in [3.8, 4) is 0 Å². The van der Waals surface area contributed by atoms with Crippen LogP contribution in [0.5, 0.6) is 0 Å². The highest BCUT2D eigenvalue weighted by Crippen LogP contribution is 2.04. The molecule has 0 unspecified atom stereocenters. The van der Waals surface area contributed by atoms with Crippen LogP contribution in [0, 0.1) is 0 Å². The smallest absolute Gasteiger partial charge is 0.209 e. The summed E-state index contributed by atoms with van der Waals surface area (Å²) in [5, 5.41) is 0. The van der Waals surface area contributed by atoms with Gasteiger partial charge in [0.15, 0.2) is 0 Å². The van der Waals surface area contributed by atoms with Gasteiger partial charge in [-0.05, 0) is 5.56 Å². The summed E-state index contributed by atoms with van der Waals surface area (Å²) in [6.45, 7) is 0.274. The number of hydrogen-bond donors (Lipinski definition) is 2. The minimum atomic E-state index is -3.15. The van der Waals surface area contributed by atoms with Crippen LogP contribution in [-0.4, -0.2) is 19.7 Å². The van der Waals surface area contributed by atoms with Crippen LogP contribution < -0.4 is 10.5 Å². The fraction of sp³-hybridized carbons (Fsp3) is 0.222. The summed E-state index contributed by atoms with van der Waals surface area (Å²) in [5.41, 5.74) is 7.06. The Hall–Kier alpha value is -0.980. The molecule has 1 aromatic rings. The van der Waals surface area contributed by atoms with Crippen LogP contribution in [0.15, 0.2) is 24.3 Å². The van der Waals surface area contributed by atoms with Crippen molar-refractivity contribution < 1.29 is 8.42 Å². The number of nitrogens with two attached hydrogens (primary N) is 1. The summed E-state index contributed by atoms with van der Waals surface area (Å²) in [7, 11) is -3.15. The van der Waals surface area contributed by atoms with E-state index in [4.69, 9.17) is 18.0 Å². The molecule has 82 valence electrons. The Kier molecular flexibility index (Phi) is 3.78. The lowest BCUT2D eigenvalue weighted by molar-refractivity contribution is 0.587. The first kappa shape index (κ1) is 12.1. The Morgan fingerprint density at radius 3 is 2.33 bits per heavy atom. The molecule has 0 spiro atoms. The summed E-state index contributed by atoms with van der Waals surface area (Å²) >= 11 is 4.80. The van der Waals surface area contributed by atoms with Crippen LogP contribution in [0.25, 0.3) is 0 Å². The molecule has 0 bridgehead atoms. The first-order chi connectivity index (χ1) is 6.88. The van der Waals surface area contributed by atoms with Crippen molar-refractivity contribution in [2.45, 2.75) is 6.54 Å². The molecule has 0 fully saturated rings. The summed E-state index contributed by atoms with van der Waals surface area (Å²) < 4.78 is 24.1. The third-order valence-corrected chi connectivity index (χ3v) is 2.68. The molecule has 6 heteroatoms. The summed E-state index contributed by atoms with van der Waals surface area (Å²) in [4.78, 5) is 0.331. The zero-order valence-corrected chi connectivity index (χ0v) is 9.86. The Labute approximate surface area is 94.5 Å². The molecular formula is C9H12N2O2S2. The van der Waals surface area contributed by atoms with Gasteiger partial charge in [-0.15, -0.1) is 0 Å². The van der Waals surface area contributed by atoms with Gasteiger partial charge in [-0.25, -0.2) is 13.1 Å². The highest BCUT2D eigenvalue weighted by Gasteiger charge is 2.01. The van der Waals surface area contributed by atoms with E-state index in [0.29, 0.717) is 4.99 Å². The fourth-order valence-electron chi connectivity index (χ4n) is 1.00. The molecule has 0 saturated carbocycles. The highest BCUT2D eigenvalue weighted by molar-refractivity contribution is 7.88. The van der Waals surface area contributed by atoms with Crippen LogP contribution in [0.2, 0.25) is 0 Å². The zero-order chi connectivity index (χ0) is 11.5. The maximum absolute atomic E-state index is 10.8. The number of sulfonamides is 1. The minimum Gasteiger partial charge on any atom is -0.389 e. The van der Waals surface area contributed by atoms with Crippen LogP contribution in [-0.2, 0) is 16.6 Å². The Balaban J connectivity index is 2.69. The Morgan fingerprint density at radius 2 is 1.93 bits per heavy atom. The lowest BCUT2D eigenvalue weighted by Gasteiger charge is -2.03. The molecule has 0 radical (unpaired) electrons. The van der Waals surface area contributed by atoms with Crippen LogP contribution >= 0.6 is 12.2 Å². The molecular weight excluding hydrogens is 232 g/mol. The van der Waals surface area contributed by atoms with E-state index in [1.807, 2.05) is 0 Å². The molecule has 0 aliphatic heterocycles. The number of nitrogens with one attached hydrogen (secondary N) is 1. The molecule has 15 heavy (non-hydrogen) atoms. The van der Waals surface area contributed by atoms with Gasteiger partial charge < -0.3 is 5.73 Å². The lowest BCUT2D eigenvalue weighted by atomic mass is 10.1. The van der Waals surface area contributed by atoms with Crippen LogP contribution in [0.4, 0.5) is 0 Å². The Bertz CT molecular complexity index is 452. The van der Waals surface area contributed by atoms with Crippen LogP contribution in [0.3, 0.4) is 0 Å². The van der Waals surface area contributed by atoms with Gasteiger partial charge in [0.25, 0.3) is 0 Å². The van der Waals surface area contributed by atoms with E-state index >= 15 is 0 Å². The number of rotatable bonds is 4. The first-order valence-corrected chi connectivity index (χ1v) is 6.52. The van der Waals surface area contributed by atoms with E-state index in [1.54, 1.807) is 24.3 Å². The maximum Gasteiger partial charge on any atom is 0.209 e. The van der Waals surface area contributed by atoms with Gasteiger partial charge in [0, 0.05) is 12.1 Å². The lowest BCUT2D eigenvalue weighted by Crippen LogP contribution is -2.21. The molecule has 0 heterocycles. The molecule has 0 aliphatic rings. The summed E-state index contributed by atoms with van der Waals surface area (Å²) in [6.07, 6.45) is 1.12. The molecule has 4 nitrogen and oxygen atoms in total. The van der Waals surface area contributed by atoms with Gasteiger partial charge in [-0.3, -0.25) is 0 Å². The van der Waals surface area contributed by atoms with Crippen molar-refractivity contribution in [2.75, 3.05) is 6.26 Å². The van der Waals surface area contributed by atoms with Crippen molar-refractivity contribution in [1.82, 2.24) is 4.72 Å². The van der Waals surface area contributed by atoms with Crippen molar-refractivity contribution in [1.29, 1.82) is 0 Å². The molecule has 1 rings (SSSR count).